The molecular formula is C18H17N5O3. The molecule has 8 nitrogen and oxygen atoms in total. The van der Waals surface area contributed by atoms with Gasteiger partial charge in [-0.15, -0.1) is 10.2 Å². The van der Waals surface area contributed by atoms with Gasteiger partial charge < -0.3 is 10.1 Å². The molecule has 0 unspecified atom stereocenters. The van der Waals surface area contributed by atoms with Crippen molar-refractivity contribution in [2.75, 3.05) is 5.32 Å². The van der Waals surface area contributed by atoms with Gasteiger partial charge in [0.05, 0.1) is 0 Å². The number of esters is 1. The van der Waals surface area contributed by atoms with Gasteiger partial charge in [0, 0.05) is 18.2 Å². The molecule has 1 amide bonds. The predicted molar refractivity (Wildman–Crippen MR) is 94.4 cm³/mol. The molecule has 0 radical (unpaired) electrons. The van der Waals surface area contributed by atoms with Gasteiger partial charge in [-0.25, -0.2) is 4.79 Å². The Morgan fingerprint density at radius 3 is 2.42 bits per heavy atom. The van der Waals surface area contributed by atoms with Crippen LogP contribution in [0, 0.1) is 6.92 Å². The second-order valence-electron chi connectivity index (χ2n) is 5.69. The summed E-state index contributed by atoms with van der Waals surface area (Å²) in [4.78, 5) is 24.2. The van der Waals surface area contributed by atoms with Crippen LogP contribution in [0.1, 0.15) is 12.5 Å². The molecule has 0 saturated heterocycles. The van der Waals surface area contributed by atoms with E-state index < -0.39 is 5.97 Å². The summed E-state index contributed by atoms with van der Waals surface area (Å²) < 4.78 is 5.23. The Balaban J connectivity index is 1.60. The molecule has 0 aliphatic heterocycles. The number of hydrogen-bond acceptors (Lipinski definition) is 6. The SMILES string of the molecule is CC(=O)Nc1ccc(OC(=O)Cn2nnc(-c3ccc(C)cc3)n2)cc1. The standard InChI is InChI=1S/C18H17N5O3/c1-12-3-5-14(6-4-12)18-20-22-23(21-18)11-17(25)26-16-9-7-15(8-10-16)19-13(2)24/h3-10H,11H2,1-2H3,(H,19,24). The minimum absolute atomic E-state index is 0.160. The van der Waals surface area contributed by atoms with Gasteiger partial charge in [0.25, 0.3) is 0 Å². The highest BCUT2D eigenvalue weighted by Crippen LogP contribution is 2.16. The zero-order chi connectivity index (χ0) is 18.5. The molecule has 132 valence electrons. The van der Waals surface area contributed by atoms with Crippen molar-refractivity contribution in [2.24, 2.45) is 0 Å². The van der Waals surface area contributed by atoms with E-state index in [-0.39, 0.29) is 12.5 Å². The molecule has 3 rings (SSSR count). The number of carbonyl (C=O) groups is 2. The maximum atomic E-state index is 12.0. The zero-order valence-corrected chi connectivity index (χ0v) is 14.3. The predicted octanol–water partition coefficient (Wildman–Crippen LogP) is 2.21. The number of amides is 1. The molecule has 26 heavy (non-hydrogen) atoms. The number of carbonyl (C=O) groups excluding carboxylic acids is 2. The lowest BCUT2D eigenvalue weighted by Gasteiger charge is -2.05. The Bertz CT molecular complexity index is 917. The fourth-order valence-corrected chi connectivity index (χ4v) is 2.22. The Morgan fingerprint density at radius 1 is 1.08 bits per heavy atom. The summed E-state index contributed by atoms with van der Waals surface area (Å²) in [5, 5.41) is 14.6. The number of hydrogen-bond donors (Lipinski definition) is 1. The summed E-state index contributed by atoms with van der Waals surface area (Å²) in [6, 6.07) is 14.2. The highest BCUT2D eigenvalue weighted by molar-refractivity contribution is 5.88. The number of anilines is 1. The maximum absolute atomic E-state index is 12.0. The van der Waals surface area contributed by atoms with Crippen LogP contribution in [0.2, 0.25) is 0 Å². The number of nitrogens with zero attached hydrogens (tertiary/aromatic N) is 4. The Hall–Kier alpha value is -3.55. The third-order valence-corrected chi connectivity index (χ3v) is 3.44. The number of benzene rings is 2. The van der Waals surface area contributed by atoms with Crippen LogP contribution in [0.15, 0.2) is 48.5 Å². The molecule has 0 bridgehead atoms. The minimum Gasteiger partial charge on any atom is -0.425 e. The van der Waals surface area contributed by atoms with Crippen molar-refractivity contribution in [1.29, 1.82) is 0 Å². The summed E-state index contributed by atoms with van der Waals surface area (Å²) in [5.41, 5.74) is 2.58. The molecule has 3 aromatic rings. The molecule has 0 aliphatic carbocycles. The van der Waals surface area contributed by atoms with E-state index >= 15 is 0 Å². The number of tetrazole rings is 1. The van der Waals surface area contributed by atoms with Crippen LogP contribution in [0.25, 0.3) is 11.4 Å². The number of nitrogens with one attached hydrogen (secondary N) is 1. The van der Waals surface area contributed by atoms with Gasteiger partial charge in [0.2, 0.25) is 11.7 Å². The summed E-state index contributed by atoms with van der Waals surface area (Å²) in [6.45, 7) is 3.25. The van der Waals surface area contributed by atoms with E-state index in [0.29, 0.717) is 17.3 Å². The molecule has 1 N–H and O–H groups in total. The molecular weight excluding hydrogens is 334 g/mol. The maximum Gasteiger partial charge on any atom is 0.335 e. The average Bonchev–Trinajstić information content (AvgIpc) is 3.05. The van der Waals surface area contributed by atoms with E-state index in [0.717, 1.165) is 11.1 Å². The van der Waals surface area contributed by atoms with Gasteiger partial charge in [-0.3, -0.25) is 4.79 Å². The Morgan fingerprint density at radius 2 is 1.77 bits per heavy atom. The Kier molecular flexibility index (Phi) is 5.02. The summed E-state index contributed by atoms with van der Waals surface area (Å²) in [7, 11) is 0. The van der Waals surface area contributed by atoms with Crippen LogP contribution < -0.4 is 10.1 Å². The smallest absolute Gasteiger partial charge is 0.335 e. The van der Waals surface area contributed by atoms with Gasteiger partial charge >= 0.3 is 5.97 Å². The Labute approximate surface area is 149 Å². The largest absolute Gasteiger partial charge is 0.425 e. The minimum atomic E-state index is -0.523. The quantitative estimate of drug-likeness (QED) is 0.559. The van der Waals surface area contributed by atoms with Crippen molar-refractivity contribution >= 4 is 17.6 Å². The van der Waals surface area contributed by atoms with E-state index in [1.165, 1.54) is 11.7 Å². The van der Waals surface area contributed by atoms with Crippen LogP contribution in [0.4, 0.5) is 5.69 Å². The monoisotopic (exact) mass is 351 g/mol. The molecule has 0 fully saturated rings. The van der Waals surface area contributed by atoms with E-state index in [1.807, 2.05) is 31.2 Å². The molecule has 0 aliphatic rings. The normalized spacial score (nSPS) is 10.4. The highest BCUT2D eigenvalue weighted by Gasteiger charge is 2.11. The summed E-state index contributed by atoms with van der Waals surface area (Å²) >= 11 is 0. The number of ether oxygens (including phenoxy) is 1. The highest BCUT2D eigenvalue weighted by atomic mass is 16.5. The molecule has 1 aromatic heterocycles. The van der Waals surface area contributed by atoms with Crippen molar-refractivity contribution in [3.05, 3.63) is 54.1 Å². The second kappa shape index (κ2) is 7.56. The lowest BCUT2D eigenvalue weighted by atomic mass is 10.1. The van der Waals surface area contributed by atoms with Gasteiger partial charge in [-0.05, 0) is 36.4 Å². The first-order chi connectivity index (χ1) is 12.5. The third kappa shape index (κ3) is 4.50. The number of aryl methyl sites for hydroxylation is 1. The van der Waals surface area contributed by atoms with E-state index in [2.05, 4.69) is 20.7 Å². The summed E-state index contributed by atoms with van der Waals surface area (Å²) in [6.07, 6.45) is 0. The first-order valence-corrected chi connectivity index (χ1v) is 7.93. The average molecular weight is 351 g/mol. The number of aromatic nitrogens is 4. The first-order valence-electron chi connectivity index (χ1n) is 7.93. The number of rotatable bonds is 5. The molecule has 8 heteroatoms. The molecule has 0 saturated carbocycles. The summed E-state index contributed by atoms with van der Waals surface area (Å²) in [5.74, 6) is 0.113. The van der Waals surface area contributed by atoms with Gasteiger partial charge in [-0.1, -0.05) is 29.8 Å². The second-order valence-corrected chi connectivity index (χ2v) is 5.69. The fourth-order valence-electron chi connectivity index (χ4n) is 2.22. The topological polar surface area (TPSA) is 99.0 Å². The van der Waals surface area contributed by atoms with Crippen LogP contribution in [-0.4, -0.2) is 32.1 Å². The molecule has 2 aromatic carbocycles. The molecule has 0 atom stereocenters. The van der Waals surface area contributed by atoms with Crippen LogP contribution in [-0.2, 0) is 16.1 Å². The lowest BCUT2D eigenvalue weighted by Crippen LogP contribution is -2.18. The van der Waals surface area contributed by atoms with Crippen LogP contribution in [0.5, 0.6) is 5.75 Å². The fraction of sp³-hybridized carbons (Fsp3) is 0.167. The van der Waals surface area contributed by atoms with E-state index in [9.17, 15) is 9.59 Å². The van der Waals surface area contributed by atoms with E-state index in [1.54, 1.807) is 24.3 Å². The van der Waals surface area contributed by atoms with Crippen molar-refractivity contribution in [3.8, 4) is 17.1 Å². The lowest BCUT2D eigenvalue weighted by molar-refractivity contribution is -0.135. The third-order valence-electron chi connectivity index (χ3n) is 3.44. The van der Waals surface area contributed by atoms with Crippen LogP contribution in [0.3, 0.4) is 0 Å². The van der Waals surface area contributed by atoms with Gasteiger partial charge in [0.1, 0.15) is 5.75 Å². The molecule has 1 heterocycles. The van der Waals surface area contributed by atoms with Crippen molar-refractivity contribution < 1.29 is 14.3 Å². The molecule has 0 spiro atoms. The zero-order valence-electron chi connectivity index (χ0n) is 14.3. The first kappa shape index (κ1) is 17.3. The van der Waals surface area contributed by atoms with Crippen molar-refractivity contribution in [3.63, 3.8) is 0 Å². The van der Waals surface area contributed by atoms with Crippen molar-refractivity contribution in [2.45, 2.75) is 20.4 Å². The van der Waals surface area contributed by atoms with Crippen LogP contribution >= 0.6 is 0 Å². The van der Waals surface area contributed by atoms with Gasteiger partial charge in [0.15, 0.2) is 6.54 Å². The van der Waals surface area contributed by atoms with E-state index in [4.69, 9.17) is 4.74 Å². The van der Waals surface area contributed by atoms with Gasteiger partial charge in [-0.2, -0.15) is 4.80 Å². The van der Waals surface area contributed by atoms with Crippen molar-refractivity contribution in [1.82, 2.24) is 20.2 Å².